The van der Waals surface area contributed by atoms with Crippen LogP contribution in [-0.4, -0.2) is 41.7 Å². The molecule has 1 aromatic rings. The number of fused-ring (bicyclic) bond motifs is 1. The molecule has 2 heterocycles. The van der Waals surface area contributed by atoms with Crippen LogP contribution < -0.4 is 10.5 Å². The van der Waals surface area contributed by atoms with Gasteiger partial charge in [-0.2, -0.15) is 0 Å². The van der Waals surface area contributed by atoms with Crippen molar-refractivity contribution in [2.75, 3.05) is 13.2 Å². The van der Waals surface area contributed by atoms with E-state index in [1.807, 2.05) is 6.92 Å². The molecule has 120 valence electrons. The van der Waals surface area contributed by atoms with Crippen LogP contribution in [0, 0.1) is 0 Å². The molecule has 1 saturated heterocycles. The van der Waals surface area contributed by atoms with E-state index in [0.717, 1.165) is 17.7 Å². The van der Waals surface area contributed by atoms with Gasteiger partial charge in [0.05, 0.1) is 12.7 Å². The van der Waals surface area contributed by atoms with Gasteiger partial charge in [0.25, 0.3) is 0 Å². The minimum Gasteiger partial charge on any atom is -0.487 e. The molecule has 5 heteroatoms. The van der Waals surface area contributed by atoms with Crippen LogP contribution in [0.15, 0.2) is 18.2 Å². The summed E-state index contributed by atoms with van der Waals surface area (Å²) in [6, 6.07) is 5.85. The second kappa shape index (κ2) is 5.56. The Morgan fingerprint density at radius 2 is 2.23 bits per heavy atom. The van der Waals surface area contributed by atoms with Gasteiger partial charge in [0.15, 0.2) is 0 Å². The Morgan fingerprint density at radius 3 is 2.95 bits per heavy atom. The predicted octanol–water partition coefficient (Wildman–Crippen LogP) is 1.47. The molecule has 1 aromatic carbocycles. The maximum atomic E-state index is 11.8. The Morgan fingerprint density at radius 1 is 1.45 bits per heavy atom. The molecule has 0 spiro atoms. The van der Waals surface area contributed by atoms with Gasteiger partial charge < -0.3 is 15.2 Å². The number of para-hydroxylation sites is 1. The molecule has 2 aliphatic heterocycles. The molecule has 22 heavy (non-hydrogen) atoms. The normalized spacial score (nSPS) is 27.2. The molecule has 0 radical (unpaired) electrons. The second-order valence-corrected chi connectivity index (χ2v) is 6.84. The van der Waals surface area contributed by atoms with Crippen LogP contribution >= 0.6 is 0 Å². The zero-order valence-electron chi connectivity index (χ0n) is 13.5. The van der Waals surface area contributed by atoms with Gasteiger partial charge in [0.1, 0.15) is 17.4 Å². The lowest BCUT2D eigenvalue weighted by Gasteiger charge is -2.38. The first-order valence-electron chi connectivity index (χ1n) is 7.82. The summed E-state index contributed by atoms with van der Waals surface area (Å²) in [5, 5.41) is 0. The summed E-state index contributed by atoms with van der Waals surface area (Å²) in [6.45, 7) is 8.06. The van der Waals surface area contributed by atoms with Gasteiger partial charge in [-0.05, 0) is 26.3 Å². The fourth-order valence-electron chi connectivity index (χ4n) is 3.49. The first-order valence-corrected chi connectivity index (χ1v) is 7.82. The van der Waals surface area contributed by atoms with Crippen LogP contribution in [0.3, 0.4) is 0 Å². The second-order valence-electron chi connectivity index (χ2n) is 6.84. The SMILES string of the molecule is C[C@H]1OCCN(Cc2cccc3c2OC(C)(C)C3)[C@@H]1C(N)=O. The third-order valence-electron chi connectivity index (χ3n) is 4.43. The van der Waals surface area contributed by atoms with Crippen molar-refractivity contribution in [2.45, 2.75) is 51.5 Å². The molecule has 0 unspecified atom stereocenters. The van der Waals surface area contributed by atoms with E-state index in [0.29, 0.717) is 19.7 Å². The zero-order valence-corrected chi connectivity index (χ0v) is 13.5. The van der Waals surface area contributed by atoms with Crippen LogP contribution in [0.25, 0.3) is 0 Å². The minimum absolute atomic E-state index is 0.167. The Labute approximate surface area is 131 Å². The zero-order chi connectivity index (χ0) is 15.9. The molecule has 0 aliphatic carbocycles. The molecule has 2 N–H and O–H groups in total. The van der Waals surface area contributed by atoms with Crippen molar-refractivity contribution < 1.29 is 14.3 Å². The highest BCUT2D eigenvalue weighted by Gasteiger charge is 2.36. The summed E-state index contributed by atoms with van der Waals surface area (Å²) >= 11 is 0. The van der Waals surface area contributed by atoms with E-state index >= 15 is 0 Å². The third kappa shape index (κ3) is 2.83. The molecule has 0 bridgehead atoms. The van der Waals surface area contributed by atoms with Crippen LogP contribution in [0.1, 0.15) is 31.9 Å². The predicted molar refractivity (Wildman–Crippen MR) is 83.7 cm³/mol. The van der Waals surface area contributed by atoms with Gasteiger partial charge in [0, 0.05) is 25.1 Å². The highest BCUT2D eigenvalue weighted by molar-refractivity contribution is 5.80. The maximum Gasteiger partial charge on any atom is 0.237 e. The first-order chi connectivity index (χ1) is 10.4. The lowest BCUT2D eigenvalue weighted by Crippen LogP contribution is -2.56. The van der Waals surface area contributed by atoms with Crippen LogP contribution in [0.4, 0.5) is 0 Å². The topological polar surface area (TPSA) is 64.8 Å². The van der Waals surface area contributed by atoms with Gasteiger partial charge in [0.2, 0.25) is 5.91 Å². The molecule has 2 aliphatic rings. The quantitative estimate of drug-likeness (QED) is 0.918. The average Bonchev–Trinajstić information content (AvgIpc) is 2.73. The summed E-state index contributed by atoms with van der Waals surface area (Å²) < 4.78 is 11.7. The van der Waals surface area contributed by atoms with Gasteiger partial charge >= 0.3 is 0 Å². The van der Waals surface area contributed by atoms with Gasteiger partial charge in [-0.1, -0.05) is 18.2 Å². The summed E-state index contributed by atoms with van der Waals surface area (Å²) in [6.07, 6.45) is 0.731. The van der Waals surface area contributed by atoms with Crippen molar-refractivity contribution in [1.29, 1.82) is 0 Å². The molecule has 1 fully saturated rings. The molecule has 5 nitrogen and oxygen atoms in total. The third-order valence-corrected chi connectivity index (χ3v) is 4.43. The summed E-state index contributed by atoms with van der Waals surface area (Å²) in [5.74, 6) is 0.635. The smallest absolute Gasteiger partial charge is 0.237 e. The number of carbonyl (C=O) groups is 1. The van der Waals surface area contributed by atoms with E-state index in [-0.39, 0.29) is 23.7 Å². The van der Waals surface area contributed by atoms with Crippen molar-refractivity contribution in [3.8, 4) is 5.75 Å². The molecule has 2 atom stereocenters. The van der Waals surface area contributed by atoms with Crippen LogP contribution in [0.5, 0.6) is 5.75 Å². The average molecular weight is 304 g/mol. The number of rotatable bonds is 3. The molecule has 0 saturated carbocycles. The number of ether oxygens (including phenoxy) is 2. The number of amides is 1. The Bertz CT molecular complexity index is 585. The number of carbonyl (C=O) groups excluding carboxylic acids is 1. The summed E-state index contributed by atoms with van der Waals surface area (Å²) in [7, 11) is 0. The number of nitrogens with two attached hydrogens (primary N) is 1. The van der Waals surface area contributed by atoms with E-state index in [2.05, 4.69) is 36.9 Å². The number of hydrogen-bond acceptors (Lipinski definition) is 4. The lowest BCUT2D eigenvalue weighted by molar-refractivity contribution is -0.136. The van der Waals surface area contributed by atoms with E-state index < -0.39 is 0 Å². The van der Waals surface area contributed by atoms with Crippen LogP contribution in [0.2, 0.25) is 0 Å². The van der Waals surface area contributed by atoms with Crippen molar-refractivity contribution >= 4 is 5.91 Å². The van der Waals surface area contributed by atoms with Gasteiger partial charge in [-0.25, -0.2) is 0 Å². The van der Waals surface area contributed by atoms with E-state index in [1.54, 1.807) is 0 Å². The molecule has 0 aromatic heterocycles. The Hall–Kier alpha value is -1.59. The van der Waals surface area contributed by atoms with E-state index in [4.69, 9.17) is 15.2 Å². The largest absolute Gasteiger partial charge is 0.487 e. The highest BCUT2D eigenvalue weighted by atomic mass is 16.5. The maximum absolute atomic E-state index is 11.8. The minimum atomic E-state index is -0.390. The number of nitrogens with zero attached hydrogens (tertiary/aromatic N) is 1. The van der Waals surface area contributed by atoms with Crippen molar-refractivity contribution in [1.82, 2.24) is 4.90 Å². The number of morpholine rings is 1. The summed E-state index contributed by atoms with van der Waals surface area (Å²) in [4.78, 5) is 13.9. The number of hydrogen-bond donors (Lipinski definition) is 1. The standard InChI is InChI=1S/C17H24N2O3/c1-11-14(16(18)20)19(7-8-21-11)10-13-6-4-5-12-9-17(2,3)22-15(12)13/h4-6,11,14H,7-10H2,1-3H3,(H2,18,20)/t11-,14+/m1/s1. The van der Waals surface area contributed by atoms with Crippen molar-refractivity contribution in [3.05, 3.63) is 29.3 Å². The molecule has 3 rings (SSSR count). The Kier molecular flexibility index (Phi) is 3.87. The fourth-order valence-corrected chi connectivity index (χ4v) is 3.49. The highest BCUT2D eigenvalue weighted by Crippen LogP contribution is 2.38. The van der Waals surface area contributed by atoms with Gasteiger partial charge in [-0.3, -0.25) is 9.69 Å². The molecular weight excluding hydrogens is 280 g/mol. The monoisotopic (exact) mass is 304 g/mol. The van der Waals surface area contributed by atoms with Crippen LogP contribution in [-0.2, 0) is 22.5 Å². The molecule has 1 amide bonds. The number of benzene rings is 1. The first kappa shape index (κ1) is 15.3. The van der Waals surface area contributed by atoms with Crippen molar-refractivity contribution in [3.63, 3.8) is 0 Å². The lowest BCUT2D eigenvalue weighted by atomic mass is 10.00. The van der Waals surface area contributed by atoms with Gasteiger partial charge in [-0.15, -0.1) is 0 Å². The number of primary amides is 1. The fraction of sp³-hybridized carbons (Fsp3) is 0.588. The molecular formula is C17H24N2O3. The summed E-state index contributed by atoms with van der Waals surface area (Å²) in [5.41, 5.74) is 7.75. The van der Waals surface area contributed by atoms with E-state index in [1.165, 1.54) is 5.56 Å². The van der Waals surface area contributed by atoms with Crippen molar-refractivity contribution in [2.24, 2.45) is 5.73 Å². The Balaban J connectivity index is 1.85. The van der Waals surface area contributed by atoms with E-state index in [9.17, 15) is 4.79 Å².